The van der Waals surface area contributed by atoms with Gasteiger partial charge < -0.3 is 19.7 Å². The Kier molecular flexibility index (Phi) is 7.10. The fraction of sp³-hybridized carbons (Fsp3) is 0.400. The Morgan fingerprint density at radius 1 is 0.903 bits per heavy atom. The van der Waals surface area contributed by atoms with E-state index in [-0.39, 0.29) is 0 Å². The maximum atomic E-state index is 5.52. The van der Waals surface area contributed by atoms with Crippen LogP contribution in [-0.2, 0) is 0 Å². The Morgan fingerprint density at radius 3 is 2.52 bits per heavy atom. The Bertz CT molecular complexity index is 986. The molecule has 1 fully saturated rings. The zero-order valence-corrected chi connectivity index (χ0v) is 18.5. The number of ether oxygens (including phenoxy) is 2. The number of aromatic nitrogens is 1. The van der Waals surface area contributed by atoms with E-state index in [0.29, 0.717) is 0 Å². The number of fused-ring (bicyclic) bond motifs is 1. The summed E-state index contributed by atoms with van der Waals surface area (Å²) in [5.74, 6) is 2.72. The lowest BCUT2D eigenvalue weighted by Crippen LogP contribution is -2.46. The van der Waals surface area contributed by atoms with Gasteiger partial charge in [0, 0.05) is 44.2 Å². The maximum absolute atomic E-state index is 5.52. The first-order valence-electron chi connectivity index (χ1n) is 11.1. The number of nitrogens with zero attached hydrogens (tertiary/aromatic N) is 3. The Balaban J connectivity index is 1.18. The summed E-state index contributed by atoms with van der Waals surface area (Å²) in [6.07, 6.45) is 2.31. The molecule has 0 unspecified atom stereocenters. The van der Waals surface area contributed by atoms with E-state index in [2.05, 4.69) is 33.3 Å². The fourth-order valence-electron chi connectivity index (χ4n) is 4.10. The summed E-state index contributed by atoms with van der Waals surface area (Å²) in [5, 5.41) is 4.58. The van der Waals surface area contributed by atoms with Crippen molar-refractivity contribution in [2.24, 2.45) is 0 Å². The van der Waals surface area contributed by atoms with Crippen molar-refractivity contribution in [3.05, 3.63) is 54.6 Å². The van der Waals surface area contributed by atoms with Crippen molar-refractivity contribution < 1.29 is 9.47 Å². The second-order valence-electron chi connectivity index (χ2n) is 7.89. The van der Waals surface area contributed by atoms with Crippen LogP contribution in [0.5, 0.6) is 11.5 Å². The van der Waals surface area contributed by atoms with Gasteiger partial charge in [-0.1, -0.05) is 12.1 Å². The highest BCUT2D eigenvalue weighted by Gasteiger charge is 2.18. The molecule has 0 saturated carbocycles. The summed E-state index contributed by atoms with van der Waals surface area (Å²) >= 11 is 0. The largest absolute Gasteiger partial charge is 0.497 e. The first-order valence-corrected chi connectivity index (χ1v) is 11.1. The molecule has 1 N–H and O–H groups in total. The molecular weight excluding hydrogens is 388 g/mol. The average molecular weight is 421 g/mol. The van der Waals surface area contributed by atoms with Crippen LogP contribution in [0, 0.1) is 0 Å². The lowest BCUT2D eigenvalue weighted by Gasteiger charge is -2.36. The number of unbranched alkanes of at least 4 members (excludes halogenated alkanes) is 1. The molecule has 164 valence electrons. The first-order chi connectivity index (χ1) is 15.3. The van der Waals surface area contributed by atoms with E-state index in [1.54, 1.807) is 14.2 Å². The second-order valence-corrected chi connectivity index (χ2v) is 7.89. The molecule has 2 aromatic carbocycles. The number of rotatable bonds is 9. The number of benzene rings is 2. The molecule has 0 spiro atoms. The molecular formula is C25H32N4O2. The van der Waals surface area contributed by atoms with Gasteiger partial charge in [0.05, 0.1) is 25.4 Å². The highest BCUT2D eigenvalue weighted by atomic mass is 16.5. The average Bonchev–Trinajstić information content (AvgIpc) is 2.83. The number of hydrogen-bond acceptors (Lipinski definition) is 6. The van der Waals surface area contributed by atoms with Crippen LogP contribution in [0.25, 0.3) is 10.9 Å². The molecule has 1 saturated heterocycles. The van der Waals surface area contributed by atoms with Crippen molar-refractivity contribution in [3.8, 4) is 11.5 Å². The highest BCUT2D eigenvalue weighted by molar-refractivity contribution is 5.81. The summed E-state index contributed by atoms with van der Waals surface area (Å²) in [6.45, 7) is 6.36. The standard InChI is InChI=1S/C25H32N4O2/c1-30-21-11-9-20-10-12-25(27-22(20)19-21)26-13-5-6-14-28-15-17-29(18-16-28)23-7-3-4-8-24(23)31-2/h3-4,7-12,19H,5-6,13-18H2,1-2H3,(H,26,27). The van der Waals surface area contributed by atoms with Gasteiger partial charge >= 0.3 is 0 Å². The molecule has 2 heterocycles. The number of piperazine rings is 1. The molecule has 3 aromatic rings. The van der Waals surface area contributed by atoms with Crippen molar-refractivity contribution in [1.29, 1.82) is 0 Å². The molecule has 6 nitrogen and oxygen atoms in total. The Hall–Kier alpha value is -2.99. The topological polar surface area (TPSA) is 49.9 Å². The van der Waals surface area contributed by atoms with Gasteiger partial charge in [-0.15, -0.1) is 0 Å². The van der Waals surface area contributed by atoms with Crippen molar-refractivity contribution in [1.82, 2.24) is 9.88 Å². The van der Waals surface area contributed by atoms with Crippen LogP contribution in [-0.4, -0.2) is 63.4 Å². The highest BCUT2D eigenvalue weighted by Crippen LogP contribution is 2.28. The van der Waals surface area contributed by atoms with Gasteiger partial charge in [-0.3, -0.25) is 4.90 Å². The summed E-state index contributed by atoms with van der Waals surface area (Å²) < 4.78 is 10.8. The molecule has 31 heavy (non-hydrogen) atoms. The lowest BCUT2D eigenvalue weighted by molar-refractivity contribution is 0.253. The van der Waals surface area contributed by atoms with Crippen molar-refractivity contribution >= 4 is 22.4 Å². The van der Waals surface area contributed by atoms with Crippen molar-refractivity contribution in [2.75, 3.05) is 63.7 Å². The molecule has 1 aliphatic heterocycles. The third-order valence-electron chi connectivity index (χ3n) is 5.90. The summed E-state index contributed by atoms with van der Waals surface area (Å²) in [6, 6.07) is 18.4. The van der Waals surface area contributed by atoms with Crippen LogP contribution in [0.3, 0.4) is 0 Å². The third kappa shape index (κ3) is 5.39. The monoisotopic (exact) mass is 420 g/mol. The minimum Gasteiger partial charge on any atom is -0.497 e. The van der Waals surface area contributed by atoms with E-state index in [1.165, 1.54) is 12.1 Å². The fourth-order valence-corrected chi connectivity index (χ4v) is 4.10. The zero-order chi connectivity index (χ0) is 21.5. The van der Waals surface area contributed by atoms with Crippen LogP contribution in [0.15, 0.2) is 54.6 Å². The van der Waals surface area contributed by atoms with Crippen molar-refractivity contribution in [3.63, 3.8) is 0 Å². The van der Waals surface area contributed by atoms with E-state index < -0.39 is 0 Å². The van der Waals surface area contributed by atoms with Crippen LogP contribution in [0.2, 0.25) is 0 Å². The second kappa shape index (κ2) is 10.4. The van der Waals surface area contributed by atoms with Gasteiger partial charge in [0.25, 0.3) is 0 Å². The first kappa shape index (κ1) is 21.2. The predicted molar refractivity (Wildman–Crippen MR) is 128 cm³/mol. The molecule has 0 atom stereocenters. The van der Waals surface area contributed by atoms with Gasteiger partial charge in [0.2, 0.25) is 0 Å². The normalized spacial score (nSPS) is 14.6. The van der Waals surface area contributed by atoms with Gasteiger partial charge in [-0.05, 0) is 55.8 Å². The number of nitrogens with one attached hydrogen (secondary N) is 1. The SMILES string of the molecule is COc1ccc2ccc(NCCCCN3CCN(c4ccccc4OC)CC3)nc2c1. The predicted octanol–water partition coefficient (Wildman–Crippen LogP) is 4.27. The van der Waals surface area contributed by atoms with Crippen LogP contribution < -0.4 is 19.7 Å². The smallest absolute Gasteiger partial charge is 0.142 e. The van der Waals surface area contributed by atoms with Crippen molar-refractivity contribution in [2.45, 2.75) is 12.8 Å². The summed E-state index contributed by atoms with van der Waals surface area (Å²) in [5.41, 5.74) is 2.16. The molecule has 1 aliphatic rings. The van der Waals surface area contributed by atoms with E-state index in [0.717, 1.165) is 73.9 Å². The van der Waals surface area contributed by atoms with Gasteiger partial charge in [-0.2, -0.15) is 0 Å². The third-order valence-corrected chi connectivity index (χ3v) is 5.90. The molecule has 0 bridgehead atoms. The van der Waals surface area contributed by atoms with E-state index >= 15 is 0 Å². The molecule has 6 heteroatoms. The van der Waals surface area contributed by atoms with E-state index in [1.807, 2.05) is 36.4 Å². The number of methoxy groups -OCH3 is 2. The van der Waals surface area contributed by atoms with Gasteiger partial charge in [0.15, 0.2) is 0 Å². The van der Waals surface area contributed by atoms with E-state index in [9.17, 15) is 0 Å². The number of para-hydroxylation sites is 2. The lowest BCUT2D eigenvalue weighted by atomic mass is 10.2. The Labute approximate surface area is 184 Å². The molecule has 4 rings (SSSR count). The maximum Gasteiger partial charge on any atom is 0.142 e. The van der Waals surface area contributed by atoms with Crippen LogP contribution >= 0.6 is 0 Å². The number of anilines is 2. The van der Waals surface area contributed by atoms with Gasteiger partial charge in [-0.25, -0.2) is 4.98 Å². The van der Waals surface area contributed by atoms with Crippen LogP contribution in [0.1, 0.15) is 12.8 Å². The summed E-state index contributed by atoms with van der Waals surface area (Å²) in [4.78, 5) is 9.70. The minimum atomic E-state index is 0.836. The summed E-state index contributed by atoms with van der Waals surface area (Å²) in [7, 11) is 3.43. The quantitative estimate of drug-likeness (QED) is 0.522. The minimum absolute atomic E-state index is 0.836. The number of hydrogen-bond donors (Lipinski definition) is 1. The Morgan fingerprint density at radius 2 is 1.71 bits per heavy atom. The van der Waals surface area contributed by atoms with Gasteiger partial charge in [0.1, 0.15) is 17.3 Å². The molecule has 0 radical (unpaired) electrons. The van der Waals surface area contributed by atoms with E-state index in [4.69, 9.17) is 14.5 Å². The zero-order valence-electron chi connectivity index (χ0n) is 18.5. The molecule has 1 aromatic heterocycles. The number of pyridine rings is 1. The molecule has 0 amide bonds. The van der Waals surface area contributed by atoms with Crippen LogP contribution in [0.4, 0.5) is 11.5 Å². The molecule has 0 aliphatic carbocycles.